The molecule has 0 spiro atoms. The van der Waals surface area contributed by atoms with Crippen LogP contribution in [0.5, 0.6) is 0 Å². The number of nitrogen functional groups attached to an aromatic ring is 2. The van der Waals surface area contributed by atoms with Gasteiger partial charge >= 0.3 is 0 Å². The van der Waals surface area contributed by atoms with E-state index in [0.717, 1.165) is 15.0 Å². The van der Waals surface area contributed by atoms with Crippen molar-refractivity contribution >= 4 is 48.9 Å². The zero-order chi connectivity index (χ0) is 17.5. The Morgan fingerprint density at radius 2 is 2.00 bits per heavy atom. The van der Waals surface area contributed by atoms with Crippen LogP contribution >= 0.6 is 11.3 Å². The number of aromatic nitrogens is 1. The SMILES string of the molecule is C[SH](C)(O)=NC(=O)c1cnc(N)c(-c2cc3cc(N)ccc3s2)c1. The minimum Gasteiger partial charge on any atom is -0.399 e. The highest BCUT2D eigenvalue weighted by atomic mass is 32.3. The monoisotopic (exact) mass is 362 g/mol. The number of hydrogen-bond acceptors (Lipinski definition) is 5. The summed E-state index contributed by atoms with van der Waals surface area (Å²) in [5.41, 5.74) is 13.5. The van der Waals surface area contributed by atoms with E-state index in [-0.39, 0.29) is 0 Å². The van der Waals surface area contributed by atoms with Gasteiger partial charge in [-0.05, 0) is 48.2 Å². The lowest BCUT2D eigenvalue weighted by Crippen LogP contribution is -2.08. The van der Waals surface area contributed by atoms with Crippen molar-refractivity contribution in [3.8, 4) is 10.4 Å². The van der Waals surface area contributed by atoms with Gasteiger partial charge in [0.25, 0.3) is 5.91 Å². The number of nitrogens with two attached hydrogens (primary N) is 2. The standard InChI is InChI=1S/C16H18N4O2S2/c1-24(2,22)20-16(21)10-6-12(15(18)19-8-10)14-7-9-5-11(17)3-4-13(9)23-14/h3-8,24H,17H2,1-2H3,(H2,18,19)(H,20,21,22). The van der Waals surface area contributed by atoms with E-state index in [4.69, 9.17) is 11.5 Å². The number of rotatable bonds is 2. The van der Waals surface area contributed by atoms with Gasteiger partial charge in [0.05, 0.1) is 5.56 Å². The molecule has 0 unspecified atom stereocenters. The van der Waals surface area contributed by atoms with E-state index < -0.39 is 16.0 Å². The van der Waals surface area contributed by atoms with Gasteiger partial charge in [-0.3, -0.25) is 4.79 Å². The third-order valence-electron chi connectivity index (χ3n) is 3.31. The maximum atomic E-state index is 12.2. The fourth-order valence-electron chi connectivity index (χ4n) is 2.26. The molecule has 0 aliphatic rings. The summed E-state index contributed by atoms with van der Waals surface area (Å²) < 4.78 is 14.7. The van der Waals surface area contributed by atoms with Crippen LogP contribution < -0.4 is 11.5 Å². The van der Waals surface area contributed by atoms with Crippen molar-refractivity contribution in [2.75, 3.05) is 24.0 Å². The molecule has 0 aliphatic heterocycles. The largest absolute Gasteiger partial charge is 0.399 e. The van der Waals surface area contributed by atoms with Crippen LogP contribution in [0.4, 0.5) is 11.5 Å². The number of nitrogens with zero attached hydrogens (tertiary/aromatic N) is 2. The second-order valence-electron chi connectivity index (χ2n) is 5.81. The average Bonchev–Trinajstić information content (AvgIpc) is 2.88. The van der Waals surface area contributed by atoms with Gasteiger partial charge in [0.1, 0.15) is 5.82 Å². The quantitative estimate of drug-likeness (QED) is 0.413. The van der Waals surface area contributed by atoms with Crippen molar-refractivity contribution in [2.24, 2.45) is 4.36 Å². The Hall–Kier alpha value is -2.29. The molecule has 1 amide bonds. The predicted molar refractivity (Wildman–Crippen MR) is 104 cm³/mol. The Bertz CT molecular complexity index is 996. The van der Waals surface area contributed by atoms with Crippen LogP contribution in [0.15, 0.2) is 40.9 Å². The first-order chi connectivity index (χ1) is 11.2. The minimum absolute atomic E-state index is 0.304. The van der Waals surface area contributed by atoms with Crippen LogP contribution in [0.2, 0.25) is 0 Å². The smallest absolute Gasteiger partial charge is 0.284 e. The normalized spacial score (nSPS) is 12.3. The number of thiol groups is 1. The van der Waals surface area contributed by atoms with Crippen LogP contribution in [0.3, 0.4) is 0 Å². The number of benzene rings is 1. The Morgan fingerprint density at radius 3 is 2.71 bits per heavy atom. The van der Waals surface area contributed by atoms with Crippen LogP contribution in [-0.2, 0) is 10.1 Å². The van der Waals surface area contributed by atoms with E-state index in [1.807, 2.05) is 24.3 Å². The van der Waals surface area contributed by atoms with Crippen molar-refractivity contribution in [2.45, 2.75) is 0 Å². The Kier molecular flexibility index (Phi) is 4.12. The Morgan fingerprint density at radius 1 is 1.25 bits per heavy atom. The fraction of sp³-hybridized carbons (Fsp3) is 0.125. The van der Waals surface area contributed by atoms with E-state index >= 15 is 0 Å². The van der Waals surface area contributed by atoms with E-state index in [9.17, 15) is 9.35 Å². The zero-order valence-electron chi connectivity index (χ0n) is 13.2. The van der Waals surface area contributed by atoms with Gasteiger partial charge < -0.3 is 16.0 Å². The molecule has 1 aromatic carbocycles. The molecule has 3 rings (SSSR count). The number of fused-ring (bicyclic) bond motifs is 1. The molecule has 0 radical (unpaired) electrons. The van der Waals surface area contributed by atoms with Gasteiger partial charge in [-0.1, -0.05) is 0 Å². The van der Waals surface area contributed by atoms with Crippen molar-refractivity contribution in [1.29, 1.82) is 0 Å². The molecule has 2 aromatic heterocycles. The highest BCUT2D eigenvalue weighted by Gasteiger charge is 2.13. The lowest BCUT2D eigenvalue weighted by molar-refractivity contribution is 0.100. The summed E-state index contributed by atoms with van der Waals surface area (Å²) >= 11 is 1.55. The lowest BCUT2D eigenvalue weighted by atomic mass is 10.1. The average molecular weight is 362 g/mol. The molecular formula is C16H18N4O2S2. The Balaban J connectivity index is 2.10. The van der Waals surface area contributed by atoms with Crippen LogP contribution in [0.25, 0.3) is 20.5 Å². The molecule has 24 heavy (non-hydrogen) atoms. The minimum atomic E-state index is -2.56. The lowest BCUT2D eigenvalue weighted by Gasteiger charge is -2.10. The third-order valence-corrected chi connectivity index (χ3v) is 5.13. The molecule has 0 fully saturated rings. The van der Waals surface area contributed by atoms with Crippen LogP contribution in [0.1, 0.15) is 10.4 Å². The maximum absolute atomic E-state index is 12.2. The van der Waals surface area contributed by atoms with Crippen molar-refractivity contribution in [3.05, 3.63) is 42.1 Å². The summed E-state index contributed by atoms with van der Waals surface area (Å²) in [5, 5.41) is 1.01. The molecular weight excluding hydrogens is 344 g/mol. The third kappa shape index (κ3) is 3.45. The molecule has 126 valence electrons. The maximum Gasteiger partial charge on any atom is 0.284 e. The predicted octanol–water partition coefficient (Wildman–Crippen LogP) is 3.07. The summed E-state index contributed by atoms with van der Waals surface area (Å²) in [6.07, 6.45) is 4.48. The van der Waals surface area contributed by atoms with E-state index in [0.29, 0.717) is 22.6 Å². The molecule has 0 saturated heterocycles. The number of pyridine rings is 1. The molecule has 0 bridgehead atoms. The molecule has 6 nitrogen and oxygen atoms in total. The number of carbonyl (C=O) groups is 1. The van der Waals surface area contributed by atoms with Crippen LogP contribution in [0, 0.1) is 0 Å². The molecule has 0 aliphatic carbocycles. The van der Waals surface area contributed by atoms with Crippen molar-refractivity contribution < 1.29 is 9.35 Å². The molecule has 0 atom stereocenters. The van der Waals surface area contributed by atoms with E-state index in [1.54, 1.807) is 29.9 Å². The summed E-state index contributed by atoms with van der Waals surface area (Å²) in [6, 6.07) is 9.32. The van der Waals surface area contributed by atoms with Crippen molar-refractivity contribution in [1.82, 2.24) is 4.98 Å². The summed E-state index contributed by atoms with van der Waals surface area (Å²) in [7, 11) is -2.56. The summed E-state index contributed by atoms with van der Waals surface area (Å²) in [6.45, 7) is 0. The van der Waals surface area contributed by atoms with Gasteiger partial charge in [0, 0.05) is 27.0 Å². The van der Waals surface area contributed by atoms with Gasteiger partial charge in [-0.2, -0.15) is 4.36 Å². The summed E-state index contributed by atoms with van der Waals surface area (Å²) in [4.78, 5) is 17.2. The van der Waals surface area contributed by atoms with Gasteiger partial charge in [0.2, 0.25) is 0 Å². The van der Waals surface area contributed by atoms with Crippen LogP contribution in [-0.4, -0.2) is 28.0 Å². The zero-order valence-corrected chi connectivity index (χ0v) is 14.9. The number of amides is 1. The molecule has 2 heterocycles. The van der Waals surface area contributed by atoms with Crippen molar-refractivity contribution in [3.63, 3.8) is 0 Å². The first kappa shape index (κ1) is 16.6. The van der Waals surface area contributed by atoms with E-state index in [2.05, 4.69) is 9.35 Å². The van der Waals surface area contributed by atoms with E-state index in [1.165, 1.54) is 6.20 Å². The number of anilines is 2. The highest BCUT2D eigenvalue weighted by molar-refractivity contribution is 7.98. The Labute approximate surface area is 144 Å². The first-order valence-electron chi connectivity index (χ1n) is 7.12. The number of carbonyl (C=O) groups excluding carboxylic acids is 1. The fourth-order valence-corrected chi connectivity index (χ4v) is 3.89. The molecule has 5 N–H and O–H groups in total. The highest BCUT2D eigenvalue weighted by Crippen LogP contribution is 2.36. The molecule has 8 heteroatoms. The second-order valence-corrected chi connectivity index (χ2v) is 9.76. The number of thiophene rings is 1. The van der Waals surface area contributed by atoms with Gasteiger partial charge in [0.15, 0.2) is 0 Å². The molecule has 0 saturated carbocycles. The van der Waals surface area contributed by atoms with Gasteiger partial charge in [-0.25, -0.2) is 4.98 Å². The second kappa shape index (κ2) is 5.97. The topological polar surface area (TPSA) is 115 Å². The summed E-state index contributed by atoms with van der Waals surface area (Å²) in [5.74, 6) is -0.154. The molecule has 3 aromatic rings. The van der Waals surface area contributed by atoms with Gasteiger partial charge in [-0.15, -0.1) is 21.4 Å². The first-order valence-corrected chi connectivity index (χ1v) is 10.5. The number of hydrogen-bond donors (Lipinski definition) is 4.